The van der Waals surface area contributed by atoms with Gasteiger partial charge in [-0.3, -0.25) is 10.1 Å². The summed E-state index contributed by atoms with van der Waals surface area (Å²) in [4.78, 5) is 40.2. The molecule has 0 amide bonds. The van der Waals surface area contributed by atoms with E-state index in [0.29, 0.717) is 18.4 Å². The Morgan fingerprint density at radius 3 is 2.28 bits per heavy atom. The summed E-state index contributed by atoms with van der Waals surface area (Å²) in [7, 11) is 2.03. The minimum absolute atomic E-state index is 0.112. The number of piperazine rings is 1. The first-order chi connectivity index (χ1) is 13.9. The number of carbonyl (C=O) groups excluding carboxylic acids is 2. The molecule has 9 nitrogen and oxygen atoms in total. The van der Waals surface area contributed by atoms with Gasteiger partial charge in [-0.15, -0.1) is 0 Å². The van der Waals surface area contributed by atoms with Crippen LogP contribution in [0, 0.1) is 10.1 Å². The number of nitrogens with zero attached hydrogens (tertiary/aromatic N) is 3. The Hall–Kier alpha value is -2.94. The van der Waals surface area contributed by atoms with E-state index in [-0.39, 0.29) is 11.3 Å². The van der Waals surface area contributed by atoms with Gasteiger partial charge in [0.2, 0.25) is 0 Å². The second-order valence-electron chi connectivity index (χ2n) is 7.75. The minimum Gasteiger partial charge on any atom is -0.419 e. The van der Waals surface area contributed by atoms with Crippen molar-refractivity contribution in [1.82, 2.24) is 4.90 Å². The summed E-state index contributed by atoms with van der Waals surface area (Å²) in [5.41, 5.74) is 0.811. The molecule has 4 rings (SSSR count). The number of likely N-dealkylation sites (N-methyl/N-ethyl adjacent to an activating group) is 1. The highest BCUT2D eigenvalue weighted by molar-refractivity contribution is 6.19. The van der Waals surface area contributed by atoms with Crippen LogP contribution in [0.25, 0.3) is 6.08 Å². The van der Waals surface area contributed by atoms with E-state index in [9.17, 15) is 19.7 Å². The summed E-state index contributed by atoms with van der Waals surface area (Å²) in [6, 6.07) is 4.47. The Labute approximate surface area is 168 Å². The lowest BCUT2D eigenvalue weighted by Gasteiger charge is -2.35. The molecule has 29 heavy (non-hydrogen) atoms. The second kappa shape index (κ2) is 7.47. The van der Waals surface area contributed by atoms with Crippen LogP contribution in [-0.4, -0.2) is 60.8 Å². The lowest BCUT2D eigenvalue weighted by atomic mass is 10.0. The number of non-ortho nitro benzene ring substituents is 1. The maximum atomic E-state index is 12.6. The third-order valence-corrected chi connectivity index (χ3v) is 5.73. The van der Waals surface area contributed by atoms with Gasteiger partial charge in [0, 0.05) is 62.4 Å². The van der Waals surface area contributed by atoms with E-state index in [0.717, 1.165) is 44.7 Å². The predicted octanol–water partition coefficient (Wildman–Crippen LogP) is 2.10. The van der Waals surface area contributed by atoms with Gasteiger partial charge < -0.3 is 19.3 Å². The highest BCUT2D eigenvalue weighted by Crippen LogP contribution is 2.39. The smallest absolute Gasteiger partial charge is 0.348 e. The lowest BCUT2D eigenvalue weighted by Crippen LogP contribution is -2.45. The molecule has 154 valence electrons. The highest BCUT2D eigenvalue weighted by atomic mass is 16.7. The van der Waals surface area contributed by atoms with Crippen molar-refractivity contribution in [2.24, 2.45) is 0 Å². The molecule has 2 saturated heterocycles. The number of anilines is 1. The summed E-state index contributed by atoms with van der Waals surface area (Å²) in [5, 5.41) is 11.3. The fraction of sp³-hybridized carbons (Fsp3) is 0.500. The Bertz CT molecular complexity index is 860. The molecule has 0 bridgehead atoms. The highest BCUT2D eigenvalue weighted by Gasteiger charge is 2.48. The van der Waals surface area contributed by atoms with Gasteiger partial charge in [-0.25, -0.2) is 9.59 Å². The molecule has 3 fully saturated rings. The summed E-state index contributed by atoms with van der Waals surface area (Å²) in [6.07, 6.45) is 4.02. The molecule has 1 aromatic carbocycles. The normalized spacial score (nSPS) is 21.8. The van der Waals surface area contributed by atoms with Crippen molar-refractivity contribution in [2.45, 2.75) is 31.5 Å². The molecule has 0 unspecified atom stereocenters. The number of nitro benzene ring substituents is 1. The van der Waals surface area contributed by atoms with E-state index in [1.165, 1.54) is 18.2 Å². The van der Waals surface area contributed by atoms with Gasteiger partial charge in [-0.2, -0.15) is 0 Å². The third kappa shape index (κ3) is 3.82. The molecular formula is C20H23N3O6. The Morgan fingerprint density at radius 2 is 1.69 bits per heavy atom. The van der Waals surface area contributed by atoms with Crippen LogP contribution in [0.3, 0.4) is 0 Å². The zero-order valence-corrected chi connectivity index (χ0v) is 16.3. The van der Waals surface area contributed by atoms with Gasteiger partial charge in [0.1, 0.15) is 5.57 Å². The van der Waals surface area contributed by atoms with Crippen LogP contribution in [-0.2, 0) is 19.1 Å². The van der Waals surface area contributed by atoms with Crippen LogP contribution in [0.2, 0.25) is 0 Å². The molecule has 3 aliphatic rings. The first kappa shape index (κ1) is 19.4. The van der Waals surface area contributed by atoms with E-state index in [1.807, 2.05) is 7.05 Å². The summed E-state index contributed by atoms with van der Waals surface area (Å²) < 4.78 is 10.9. The number of carbonyl (C=O) groups is 2. The topological polar surface area (TPSA) is 102 Å². The van der Waals surface area contributed by atoms with Gasteiger partial charge >= 0.3 is 11.9 Å². The van der Waals surface area contributed by atoms with Crippen molar-refractivity contribution in [3.05, 3.63) is 39.4 Å². The van der Waals surface area contributed by atoms with Gasteiger partial charge in [0.15, 0.2) is 0 Å². The molecule has 0 atom stereocenters. The Kier molecular flexibility index (Phi) is 4.99. The molecule has 1 spiro atoms. The molecule has 2 aliphatic heterocycles. The Balaban J connectivity index is 1.69. The summed E-state index contributed by atoms with van der Waals surface area (Å²) >= 11 is 0. The van der Waals surface area contributed by atoms with Gasteiger partial charge in [-0.05, 0) is 32.0 Å². The zero-order valence-electron chi connectivity index (χ0n) is 16.3. The van der Waals surface area contributed by atoms with Crippen molar-refractivity contribution < 1.29 is 24.0 Å². The van der Waals surface area contributed by atoms with Crippen LogP contribution in [0.1, 0.15) is 31.2 Å². The standard InChI is InChI=1S/C20H23N3O6/c1-21-8-10-22(11-9-21)17-5-4-15(23(26)27)12-14(17)13-16-18(24)28-20(29-19(16)25)6-2-3-7-20/h4-5,12-13H,2-3,6-11H2,1H3. The van der Waals surface area contributed by atoms with Crippen molar-refractivity contribution in [3.63, 3.8) is 0 Å². The second-order valence-corrected chi connectivity index (χ2v) is 7.75. The maximum Gasteiger partial charge on any atom is 0.348 e. The first-order valence-electron chi connectivity index (χ1n) is 9.77. The average Bonchev–Trinajstić information content (AvgIpc) is 3.12. The van der Waals surface area contributed by atoms with E-state index in [4.69, 9.17) is 9.47 Å². The largest absolute Gasteiger partial charge is 0.419 e. The van der Waals surface area contributed by atoms with E-state index in [1.54, 1.807) is 6.07 Å². The van der Waals surface area contributed by atoms with Crippen molar-refractivity contribution in [2.75, 3.05) is 38.1 Å². The van der Waals surface area contributed by atoms with Crippen LogP contribution >= 0.6 is 0 Å². The van der Waals surface area contributed by atoms with E-state index < -0.39 is 22.6 Å². The van der Waals surface area contributed by atoms with Crippen molar-refractivity contribution in [1.29, 1.82) is 0 Å². The van der Waals surface area contributed by atoms with Crippen LogP contribution in [0.4, 0.5) is 11.4 Å². The van der Waals surface area contributed by atoms with Crippen molar-refractivity contribution in [3.8, 4) is 0 Å². The maximum absolute atomic E-state index is 12.6. The third-order valence-electron chi connectivity index (χ3n) is 5.73. The van der Waals surface area contributed by atoms with Crippen LogP contribution in [0.15, 0.2) is 23.8 Å². The summed E-state index contributed by atoms with van der Waals surface area (Å²) in [5.74, 6) is -2.62. The first-order valence-corrected chi connectivity index (χ1v) is 9.77. The Morgan fingerprint density at radius 1 is 1.07 bits per heavy atom. The molecule has 0 radical (unpaired) electrons. The van der Waals surface area contributed by atoms with E-state index >= 15 is 0 Å². The number of ether oxygens (including phenoxy) is 2. The SMILES string of the molecule is CN1CCN(c2ccc([N+](=O)[O-])cc2C=C2C(=O)OC3(CCCC3)OC2=O)CC1. The van der Waals surface area contributed by atoms with Crippen LogP contribution < -0.4 is 4.90 Å². The lowest BCUT2D eigenvalue weighted by molar-refractivity contribution is -0.384. The van der Waals surface area contributed by atoms with Crippen molar-refractivity contribution >= 4 is 29.4 Å². The average molecular weight is 401 g/mol. The predicted molar refractivity (Wildman–Crippen MR) is 104 cm³/mol. The van der Waals surface area contributed by atoms with Gasteiger partial charge in [0.05, 0.1) is 4.92 Å². The van der Waals surface area contributed by atoms with E-state index in [2.05, 4.69) is 9.80 Å². The number of esters is 2. The minimum atomic E-state index is -1.14. The molecule has 1 saturated carbocycles. The number of benzene rings is 1. The number of hydrogen-bond donors (Lipinski definition) is 0. The van der Waals surface area contributed by atoms with Gasteiger partial charge in [-0.1, -0.05) is 0 Å². The summed E-state index contributed by atoms with van der Waals surface area (Å²) in [6.45, 7) is 3.17. The molecule has 2 heterocycles. The monoisotopic (exact) mass is 401 g/mol. The molecule has 1 aliphatic carbocycles. The fourth-order valence-electron chi connectivity index (χ4n) is 4.05. The number of nitro groups is 1. The quantitative estimate of drug-likeness (QED) is 0.249. The molecular weight excluding hydrogens is 378 g/mol. The number of rotatable bonds is 3. The molecule has 0 N–H and O–H groups in total. The molecule has 0 aromatic heterocycles. The molecule has 1 aromatic rings. The number of hydrogen-bond acceptors (Lipinski definition) is 8. The van der Waals surface area contributed by atoms with Crippen LogP contribution in [0.5, 0.6) is 0 Å². The molecule has 9 heteroatoms. The zero-order chi connectivity index (χ0) is 20.6. The fourth-order valence-corrected chi connectivity index (χ4v) is 4.05. The van der Waals surface area contributed by atoms with Gasteiger partial charge in [0.25, 0.3) is 11.5 Å².